The van der Waals surface area contributed by atoms with E-state index in [-0.39, 0.29) is 18.2 Å². The van der Waals surface area contributed by atoms with Crippen molar-refractivity contribution >= 4 is 28.8 Å². The topological polar surface area (TPSA) is 115 Å². The number of likely N-dealkylation sites (N-methyl/N-ethyl adjacent to an activating group) is 1. The van der Waals surface area contributed by atoms with E-state index in [2.05, 4.69) is 25.9 Å². The molecule has 0 aliphatic heterocycles. The molecule has 10 heteroatoms. The number of carbonyl (C=O) groups is 1. The molecule has 0 bridgehead atoms. The van der Waals surface area contributed by atoms with E-state index >= 15 is 0 Å². The van der Waals surface area contributed by atoms with Crippen LogP contribution in [0.3, 0.4) is 0 Å². The van der Waals surface area contributed by atoms with Crippen molar-refractivity contribution in [2.75, 3.05) is 28.4 Å². The van der Waals surface area contributed by atoms with Gasteiger partial charge in [0.05, 0.1) is 0 Å². The molecule has 0 spiro atoms. The molecule has 152 valence electrons. The summed E-state index contributed by atoms with van der Waals surface area (Å²) < 4.78 is 0. The maximum Gasteiger partial charge on any atom is 0.273 e. The molecule has 1 rings (SSSR count). The summed E-state index contributed by atoms with van der Waals surface area (Å²) in [5.74, 6) is -0.380. The minimum Gasteiger partial charge on any atom is -0.399 e. The normalized spacial score (nSPS) is 13.1. The minimum atomic E-state index is -0.380. The molecule has 10 nitrogen and oxygen atoms in total. The summed E-state index contributed by atoms with van der Waals surface area (Å²) in [6, 6.07) is 7.15. The van der Waals surface area contributed by atoms with Gasteiger partial charge in [-0.25, -0.2) is 0 Å². The molecule has 0 saturated carbocycles. The third kappa shape index (κ3) is 6.38. The standard InChI is InChI=1S/C18H25N5O5/c1-12(20-25-4)16(22-26-5)13(2)21-28-11-14-9-7-8-10-15(14)17(23-27-6)18(24)19-3/h7-10H,11H2,1-6H3,(H,19,24)/b20-12+,21-13?,22-16+,23-17+. The van der Waals surface area contributed by atoms with Crippen molar-refractivity contribution in [3.8, 4) is 0 Å². The molecule has 1 aromatic carbocycles. The highest BCUT2D eigenvalue weighted by atomic mass is 16.6. The van der Waals surface area contributed by atoms with Gasteiger partial charge in [-0.05, 0) is 13.8 Å². The van der Waals surface area contributed by atoms with Crippen LogP contribution in [-0.2, 0) is 30.8 Å². The Bertz CT molecular complexity index is 786. The Morgan fingerprint density at radius 2 is 1.54 bits per heavy atom. The highest BCUT2D eigenvalue weighted by molar-refractivity contribution is 6.67. The Labute approximate surface area is 163 Å². The minimum absolute atomic E-state index is 0.0912. The summed E-state index contributed by atoms with van der Waals surface area (Å²) in [4.78, 5) is 31.9. The van der Waals surface area contributed by atoms with Gasteiger partial charge in [0.1, 0.15) is 39.4 Å². The quantitative estimate of drug-likeness (QED) is 0.481. The number of benzene rings is 1. The van der Waals surface area contributed by atoms with Crippen LogP contribution in [0.4, 0.5) is 0 Å². The average molecular weight is 391 g/mol. The van der Waals surface area contributed by atoms with E-state index in [4.69, 9.17) is 19.4 Å². The monoisotopic (exact) mass is 391 g/mol. The lowest BCUT2D eigenvalue weighted by molar-refractivity contribution is -0.114. The Hall–Kier alpha value is -3.43. The zero-order valence-electron chi connectivity index (χ0n) is 16.8. The second-order valence-corrected chi connectivity index (χ2v) is 5.29. The molecule has 0 aromatic heterocycles. The second-order valence-electron chi connectivity index (χ2n) is 5.29. The van der Waals surface area contributed by atoms with Crippen molar-refractivity contribution < 1.29 is 24.1 Å². The molecule has 0 aliphatic rings. The molecule has 28 heavy (non-hydrogen) atoms. The van der Waals surface area contributed by atoms with Crippen LogP contribution in [0.5, 0.6) is 0 Å². The molecule has 0 radical (unpaired) electrons. The number of rotatable bonds is 10. The smallest absolute Gasteiger partial charge is 0.273 e. The van der Waals surface area contributed by atoms with Crippen LogP contribution >= 0.6 is 0 Å². The van der Waals surface area contributed by atoms with Crippen LogP contribution in [0.2, 0.25) is 0 Å². The molecule has 0 fully saturated rings. The molecular formula is C18H25N5O5. The Morgan fingerprint density at radius 1 is 0.929 bits per heavy atom. The summed E-state index contributed by atoms with van der Waals surface area (Å²) in [5.41, 5.74) is 2.70. The second kappa shape index (κ2) is 12.0. The molecule has 1 amide bonds. The van der Waals surface area contributed by atoms with Gasteiger partial charge in [-0.15, -0.1) is 0 Å². The molecule has 0 atom stereocenters. The third-order valence-electron chi connectivity index (χ3n) is 3.41. The molecule has 0 heterocycles. The fraction of sp³-hybridized carbons (Fsp3) is 0.389. The summed E-state index contributed by atoms with van der Waals surface area (Å²) in [7, 11) is 5.73. The van der Waals surface area contributed by atoms with Crippen molar-refractivity contribution in [3.63, 3.8) is 0 Å². The summed E-state index contributed by atoms with van der Waals surface area (Å²) in [5, 5.41) is 18.1. The lowest BCUT2D eigenvalue weighted by atomic mass is 10.0. The average Bonchev–Trinajstić information content (AvgIpc) is 2.70. The summed E-state index contributed by atoms with van der Waals surface area (Å²) in [6.45, 7) is 3.49. The van der Waals surface area contributed by atoms with Crippen molar-refractivity contribution in [2.24, 2.45) is 20.6 Å². The van der Waals surface area contributed by atoms with Crippen LogP contribution in [0, 0.1) is 0 Å². The summed E-state index contributed by atoms with van der Waals surface area (Å²) >= 11 is 0. The number of nitrogens with one attached hydrogen (secondary N) is 1. The zero-order valence-corrected chi connectivity index (χ0v) is 16.8. The molecule has 0 saturated heterocycles. The predicted molar refractivity (Wildman–Crippen MR) is 107 cm³/mol. The first kappa shape index (κ1) is 22.6. The number of hydrogen-bond donors (Lipinski definition) is 1. The first-order valence-corrected chi connectivity index (χ1v) is 8.27. The highest BCUT2D eigenvalue weighted by Crippen LogP contribution is 2.13. The maximum absolute atomic E-state index is 12.1. The maximum atomic E-state index is 12.1. The SMILES string of the molecule is CNC(=O)/C(=N/OC)c1ccccc1CON=C(C)C(=N/OC)/C(C)=N/OC. The van der Waals surface area contributed by atoms with Crippen molar-refractivity contribution in [1.29, 1.82) is 0 Å². The predicted octanol–water partition coefficient (Wildman–Crippen LogP) is 1.70. The molecule has 0 aliphatic carbocycles. The van der Waals surface area contributed by atoms with Gasteiger partial charge in [0.15, 0.2) is 11.4 Å². The van der Waals surface area contributed by atoms with Crippen LogP contribution in [0.25, 0.3) is 0 Å². The van der Waals surface area contributed by atoms with Gasteiger partial charge < -0.3 is 24.7 Å². The van der Waals surface area contributed by atoms with Crippen molar-refractivity contribution in [2.45, 2.75) is 20.5 Å². The van der Waals surface area contributed by atoms with Crippen LogP contribution in [0.1, 0.15) is 25.0 Å². The number of hydrogen-bond acceptors (Lipinski definition) is 9. The van der Waals surface area contributed by atoms with E-state index in [1.54, 1.807) is 32.0 Å². The van der Waals surface area contributed by atoms with Crippen molar-refractivity contribution in [3.05, 3.63) is 35.4 Å². The van der Waals surface area contributed by atoms with E-state index in [0.29, 0.717) is 28.3 Å². The lowest BCUT2D eigenvalue weighted by Crippen LogP contribution is -2.29. The fourth-order valence-electron chi connectivity index (χ4n) is 2.21. The van der Waals surface area contributed by atoms with E-state index in [9.17, 15) is 4.79 Å². The highest BCUT2D eigenvalue weighted by Gasteiger charge is 2.17. The third-order valence-corrected chi connectivity index (χ3v) is 3.41. The van der Waals surface area contributed by atoms with Gasteiger partial charge in [-0.1, -0.05) is 44.9 Å². The van der Waals surface area contributed by atoms with Crippen LogP contribution in [-0.4, -0.2) is 57.1 Å². The van der Waals surface area contributed by atoms with E-state index in [1.165, 1.54) is 28.4 Å². The van der Waals surface area contributed by atoms with Gasteiger partial charge >= 0.3 is 0 Å². The first-order chi connectivity index (χ1) is 13.5. The molecule has 0 unspecified atom stereocenters. The van der Waals surface area contributed by atoms with E-state index in [1.807, 2.05) is 6.07 Å². The van der Waals surface area contributed by atoms with Gasteiger partial charge in [-0.2, -0.15) is 0 Å². The van der Waals surface area contributed by atoms with Crippen LogP contribution in [0.15, 0.2) is 44.9 Å². The summed E-state index contributed by atoms with van der Waals surface area (Å²) in [6.07, 6.45) is 0. The van der Waals surface area contributed by atoms with Crippen LogP contribution < -0.4 is 5.32 Å². The van der Waals surface area contributed by atoms with E-state index in [0.717, 1.165) is 0 Å². The lowest BCUT2D eigenvalue weighted by Gasteiger charge is -2.10. The van der Waals surface area contributed by atoms with Gasteiger partial charge in [-0.3, -0.25) is 4.79 Å². The Kier molecular flexibility index (Phi) is 9.73. The largest absolute Gasteiger partial charge is 0.399 e. The molecular weight excluding hydrogens is 366 g/mol. The van der Waals surface area contributed by atoms with Gasteiger partial charge in [0, 0.05) is 18.2 Å². The number of oxime groups is 4. The fourth-order valence-corrected chi connectivity index (χ4v) is 2.21. The van der Waals surface area contributed by atoms with Gasteiger partial charge in [0.2, 0.25) is 0 Å². The molecule has 1 aromatic rings. The van der Waals surface area contributed by atoms with E-state index < -0.39 is 0 Å². The first-order valence-electron chi connectivity index (χ1n) is 8.27. The van der Waals surface area contributed by atoms with Gasteiger partial charge in [0.25, 0.3) is 5.91 Å². The van der Waals surface area contributed by atoms with Crippen molar-refractivity contribution in [1.82, 2.24) is 5.32 Å². The number of carbonyl (C=O) groups excluding carboxylic acids is 1. The molecule has 1 N–H and O–H groups in total. The Morgan fingerprint density at radius 3 is 2.14 bits per heavy atom. The number of amides is 1. The Balaban J connectivity index is 3.06. The zero-order chi connectivity index (χ0) is 20.9. The number of nitrogens with zero attached hydrogens (tertiary/aromatic N) is 4.